The molecule has 0 amide bonds. The van der Waals surface area contributed by atoms with Crippen LogP contribution in [0.5, 0.6) is 0 Å². The molecule has 2 bridgehead atoms. The predicted molar refractivity (Wildman–Crippen MR) is 59.5 cm³/mol. The maximum atomic E-state index is 11.1. The Kier molecular flexibility index (Phi) is 1.98. The summed E-state index contributed by atoms with van der Waals surface area (Å²) in [5, 5.41) is 0. The molecule has 0 aromatic heterocycles. The minimum atomic E-state index is 0.211. The molecule has 1 saturated carbocycles. The van der Waals surface area contributed by atoms with Crippen LogP contribution in [0.25, 0.3) is 0 Å². The van der Waals surface area contributed by atoms with Gasteiger partial charge < -0.3 is 4.79 Å². The Balaban J connectivity index is 1.99. The van der Waals surface area contributed by atoms with Gasteiger partial charge in [0.05, 0.1) is 0 Å². The van der Waals surface area contributed by atoms with E-state index >= 15 is 0 Å². The highest BCUT2D eigenvalue weighted by Crippen LogP contribution is 2.51. The van der Waals surface area contributed by atoms with Gasteiger partial charge in [0, 0.05) is 11.8 Å². The summed E-state index contributed by atoms with van der Waals surface area (Å²) in [6.07, 6.45) is 6.85. The first kappa shape index (κ1) is 8.90. The highest BCUT2D eigenvalue weighted by Gasteiger charge is 2.44. The van der Waals surface area contributed by atoms with Gasteiger partial charge in [-0.1, -0.05) is 42.5 Å². The SMILES string of the molecule is O=C[C@H]1C(c2ccccc2)[C@@H]2C=C[C@H]1C2. The molecule has 4 atom stereocenters. The number of aldehydes is 1. The number of hydrogen-bond acceptors (Lipinski definition) is 1. The lowest BCUT2D eigenvalue weighted by Gasteiger charge is -2.24. The van der Waals surface area contributed by atoms with Gasteiger partial charge in [-0.15, -0.1) is 0 Å². The van der Waals surface area contributed by atoms with E-state index in [9.17, 15) is 4.79 Å². The number of fused-ring (bicyclic) bond motifs is 2. The third kappa shape index (κ3) is 1.26. The Morgan fingerprint density at radius 3 is 2.53 bits per heavy atom. The molecular weight excluding hydrogens is 184 g/mol. The molecule has 0 radical (unpaired) electrons. The smallest absolute Gasteiger partial charge is 0.124 e. The van der Waals surface area contributed by atoms with Gasteiger partial charge in [0.2, 0.25) is 0 Å². The van der Waals surface area contributed by atoms with Crippen molar-refractivity contribution >= 4 is 6.29 Å². The summed E-state index contributed by atoms with van der Waals surface area (Å²) in [7, 11) is 0. The van der Waals surface area contributed by atoms with Gasteiger partial charge in [-0.05, 0) is 23.8 Å². The second kappa shape index (κ2) is 3.34. The maximum Gasteiger partial charge on any atom is 0.124 e. The molecule has 0 N–H and O–H groups in total. The van der Waals surface area contributed by atoms with E-state index in [1.165, 1.54) is 12.0 Å². The number of benzene rings is 1. The minimum absolute atomic E-state index is 0.211. The molecule has 1 heteroatoms. The highest BCUT2D eigenvalue weighted by atomic mass is 16.1. The molecule has 1 fully saturated rings. The van der Waals surface area contributed by atoms with Crippen molar-refractivity contribution in [3.05, 3.63) is 48.0 Å². The number of rotatable bonds is 2. The van der Waals surface area contributed by atoms with Gasteiger partial charge in [0.1, 0.15) is 6.29 Å². The zero-order valence-electron chi connectivity index (χ0n) is 8.54. The van der Waals surface area contributed by atoms with Crippen molar-refractivity contribution in [3.8, 4) is 0 Å². The molecule has 3 rings (SSSR count). The summed E-state index contributed by atoms with van der Waals surface area (Å²) in [4.78, 5) is 11.1. The van der Waals surface area contributed by atoms with E-state index in [4.69, 9.17) is 0 Å². The lowest BCUT2D eigenvalue weighted by atomic mass is 9.79. The summed E-state index contributed by atoms with van der Waals surface area (Å²) >= 11 is 0. The number of hydrogen-bond donors (Lipinski definition) is 0. The lowest BCUT2D eigenvalue weighted by Crippen LogP contribution is -2.18. The number of carbonyl (C=O) groups excluding carboxylic acids is 1. The first-order valence-electron chi connectivity index (χ1n) is 5.58. The van der Waals surface area contributed by atoms with Gasteiger partial charge in [-0.25, -0.2) is 0 Å². The second-order valence-corrected chi connectivity index (χ2v) is 4.60. The van der Waals surface area contributed by atoms with Crippen LogP contribution in [0.15, 0.2) is 42.5 Å². The van der Waals surface area contributed by atoms with Crippen molar-refractivity contribution in [2.75, 3.05) is 0 Å². The largest absolute Gasteiger partial charge is 0.303 e. The van der Waals surface area contributed by atoms with Gasteiger partial charge in [0.15, 0.2) is 0 Å². The molecule has 1 aromatic rings. The molecule has 1 nitrogen and oxygen atoms in total. The van der Waals surface area contributed by atoms with Crippen LogP contribution in [-0.4, -0.2) is 6.29 Å². The van der Waals surface area contributed by atoms with Gasteiger partial charge in [-0.2, -0.15) is 0 Å². The van der Waals surface area contributed by atoms with Crippen LogP contribution in [0.3, 0.4) is 0 Å². The molecule has 76 valence electrons. The summed E-state index contributed by atoms with van der Waals surface area (Å²) in [6.45, 7) is 0. The predicted octanol–water partition coefficient (Wildman–Crippen LogP) is 2.79. The van der Waals surface area contributed by atoms with Crippen molar-refractivity contribution in [3.63, 3.8) is 0 Å². The average Bonchev–Trinajstić information content (AvgIpc) is 2.89. The monoisotopic (exact) mass is 198 g/mol. The van der Waals surface area contributed by atoms with Gasteiger partial charge >= 0.3 is 0 Å². The normalized spacial score (nSPS) is 37.1. The maximum absolute atomic E-state index is 11.1. The Hall–Kier alpha value is -1.37. The van der Waals surface area contributed by atoms with E-state index < -0.39 is 0 Å². The van der Waals surface area contributed by atoms with E-state index in [0.29, 0.717) is 17.8 Å². The molecule has 0 spiro atoms. The van der Waals surface area contributed by atoms with E-state index in [0.717, 1.165) is 6.29 Å². The van der Waals surface area contributed by atoms with Crippen molar-refractivity contribution in [1.29, 1.82) is 0 Å². The van der Waals surface area contributed by atoms with Crippen molar-refractivity contribution in [2.45, 2.75) is 12.3 Å². The fourth-order valence-electron chi connectivity index (χ4n) is 3.19. The highest BCUT2D eigenvalue weighted by molar-refractivity contribution is 5.59. The molecule has 2 aliphatic rings. The standard InChI is InChI=1S/C14H14O/c15-9-13-11-6-7-12(8-11)14(13)10-4-2-1-3-5-10/h1-7,9,11-14H,8H2/t11-,12+,13+,14?/m0/s1. The molecule has 0 aliphatic heterocycles. The van der Waals surface area contributed by atoms with Crippen LogP contribution >= 0.6 is 0 Å². The summed E-state index contributed by atoms with van der Waals surface area (Å²) in [5.41, 5.74) is 1.33. The molecule has 0 heterocycles. The molecule has 1 aromatic carbocycles. The third-order valence-electron chi connectivity index (χ3n) is 3.86. The molecule has 1 unspecified atom stereocenters. The minimum Gasteiger partial charge on any atom is -0.303 e. The molecule has 0 saturated heterocycles. The van der Waals surface area contributed by atoms with Crippen molar-refractivity contribution in [1.82, 2.24) is 0 Å². The van der Waals surface area contributed by atoms with E-state index in [1.807, 2.05) is 6.07 Å². The van der Waals surface area contributed by atoms with E-state index in [2.05, 4.69) is 36.4 Å². The summed E-state index contributed by atoms with van der Waals surface area (Å²) in [5.74, 6) is 1.73. The Morgan fingerprint density at radius 2 is 1.80 bits per heavy atom. The van der Waals surface area contributed by atoms with Gasteiger partial charge in [-0.3, -0.25) is 0 Å². The van der Waals surface area contributed by atoms with Crippen LogP contribution in [0, 0.1) is 17.8 Å². The molecular formula is C14H14O. The van der Waals surface area contributed by atoms with Crippen LogP contribution in [-0.2, 0) is 4.79 Å². The van der Waals surface area contributed by atoms with Crippen LogP contribution < -0.4 is 0 Å². The molecule has 15 heavy (non-hydrogen) atoms. The second-order valence-electron chi connectivity index (χ2n) is 4.60. The molecule has 2 aliphatic carbocycles. The Bertz CT molecular complexity index is 393. The van der Waals surface area contributed by atoms with Crippen molar-refractivity contribution in [2.24, 2.45) is 17.8 Å². The quantitative estimate of drug-likeness (QED) is 0.527. The summed E-state index contributed by atoms with van der Waals surface area (Å²) < 4.78 is 0. The van der Waals surface area contributed by atoms with Crippen LogP contribution in [0.4, 0.5) is 0 Å². The Labute approximate surface area is 89.8 Å². The number of carbonyl (C=O) groups is 1. The first-order valence-corrected chi connectivity index (χ1v) is 5.58. The third-order valence-corrected chi connectivity index (χ3v) is 3.86. The average molecular weight is 198 g/mol. The first-order chi connectivity index (χ1) is 7.40. The fourth-order valence-corrected chi connectivity index (χ4v) is 3.19. The van der Waals surface area contributed by atoms with Gasteiger partial charge in [0.25, 0.3) is 0 Å². The Morgan fingerprint density at radius 1 is 1.07 bits per heavy atom. The number of allylic oxidation sites excluding steroid dienone is 2. The lowest BCUT2D eigenvalue weighted by molar-refractivity contribution is -0.112. The van der Waals surface area contributed by atoms with Crippen LogP contribution in [0.2, 0.25) is 0 Å². The van der Waals surface area contributed by atoms with Crippen LogP contribution in [0.1, 0.15) is 17.9 Å². The summed E-state index contributed by atoms with van der Waals surface area (Å²) in [6, 6.07) is 10.5. The fraction of sp³-hybridized carbons (Fsp3) is 0.357. The van der Waals surface area contributed by atoms with Crippen molar-refractivity contribution < 1.29 is 4.79 Å². The zero-order valence-corrected chi connectivity index (χ0v) is 8.54. The van der Waals surface area contributed by atoms with E-state index in [1.54, 1.807) is 0 Å². The zero-order chi connectivity index (χ0) is 10.3. The topological polar surface area (TPSA) is 17.1 Å². The van der Waals surface area contributed by atoms with E-state index in [-0.39, 0.29) is 5.92 Å².